The number of benzene rings is 9. The maximum absolute atomic E-state index is 6.67. The molecule has 0 saturated heterocycles. The third-order valence-electron chi connectivity index (χ3n) is 10.9. The van der Waals surface area contributed by atoms with E-state index >= 15 is 0 Å². The Labute approximate surface area is 317 Å². The molecular weight excluding hydrogens is 671 g/mol. The molecule has 258 valence electrons. The summed E-state index contributed by atoms with van der Waals surface area (Å²) in [7, 11) is 0. The van der Waals surface area contributed by atoms with Crippen LogP contribution in [0.4, 0.5) is 17.1 Å². The van der Waals surface area contributed by atoms with Gasteiger partial charge >= 0.3 is 0 Å². The van der Waals surface area contributed by atoms with Gasteiger partial charge < -0.3 is 13.7 Å². The SMILES string of the molecule is c1cc(-c2ccc(N(c3ccccc3-c3ccc4oc5ccccc5c4c3)c3cccc4c3oc3ccccc34)cc2)cc(-c2ccc3ccccc3c2)c1. The molecule has 0 unspecified atom stereocenters. The van der Waals surface area contributed by atoms with Crippen molar-refractivity contribution in [3.63, 3.8) is 0 Å². The average Bonchev–Trinajstić information content (AvgIpc) is 3.83. The minimum atomic E-state index is 0.849. The van der Waals surface area contributed by atoms with E-state index in [0.29, 0.717) is 0 Å². The van der Waals surface area contributed by atoms with Crippen molar-refractivity contribution in [2.75, 3.05) is 4.90 Å². The van der Waals surface area contributed by atoms with E-state index in [1.54, 1.807) is 0 Å². The van der Waals surface area contributed by atoms with E-state index < -0.39 is 0 Å². The molecule has 3 nitrogen and oxygen atoms in total. The maximum Gasteiger partial charge on any atom is 0.159 e. The summed E-state index contributed by atoms with van der Waals surface area (Å²) in [6.07, 6.45) is 0. The summed E-state index contributed by atoms with van der Waals surface area (Å²) in [6, 6.07) is 71.1. The Morgan fingerprint density at radius 3 is 1.75 bits per heavy atom. The highest BCUT2D eigenvalue weighted by molar-refractivity contribution is 6.11. The van der Waals surface area contributed by atoms with Gasteiger partial charge in [0.25, 0.3) is 0 Å². The molecular formula is C52H33NO2. The lowest BCUT2D eigenvalue weighted by Gasteiger charge is -2.28. The van der Waals surface area contributed by atoms with E-state index in [1.165, 1.54) is 27.5 Å². The predicted molar refractivity (Wildman–Crippen MR) is 229 cm³/mol. The monoisotopic (exact) mass is 703 g/mol. The summed E-state index contributed by atoms with van der Waals surface area (Å²) < 4.78 is 12.9. The lowest BCUT2D eigenvalue weighted by Crippen LogP contribution is -2.11. The number of rotatable bonds is 6. The number of hydrogen-bond acceptors (Lipinski definition) is 3. The molecule has 0 fully saturated rings. The molecule has 0 spiro atoms. The summed E-state index contributed by atoms with van der Waals surface area (Å²) in [5.41, 5.74) is 13.5. The van der Waals surface area contributed by atoms with Gasteiger partial charge in [-0.05, 0) is 99.3 Å². The summed E-state index contributed by atoms with van der Waals surface area (Å²) in [6.45, 7) is 0. The van der Waals surface area contributed by atoms with Gasteiger partial charge in [-0.25, -0.2) is 0 Å². The van der Waals surface area contributed by atoms with Crippen LogP contribution in [0.25, 0.3) is 88.0 Å². The first kappa shape index (κ1) is 31.2. The predicted octanol–water partition coefficient (Wildman–Crippen LogP) is 15.1. The van der Waals surface area contributed by atoms with Gasteiger partial charge in [0, 0.05) is 32.8 Å². The molecule has 0 saturated carbocycles. The van der Waals surface area contributed by atoms with Crippen LogP contribution in [0.5, 0.6) is 0 Å². The fourth-order valence-electron chi connectivity index (χ4n) is 8.17. The Bertz CT molecular complexity index is 3220. The third-order valence-corrected chi connectivity index (χ3v) is 10.9. The highest BCUT2D eigenvalue weighted by Gasteiger charge is 2.22. The van der Waals surface area contributed by atoms with Crippen LogP contribution in [0.1, 0.15) is 0 Å². The Kier molecular flexibility index (Phi) is 7.17. The Morgan fingerprint density at radius 2 is 0.891 bits per heavy atom. The van der Waals surface area contributed by atoms with Gasteiger partial charge in [-0.15, -0.1) is 0 Å². The van der Waals surface area contributed by atoms with Crippen molar-refractivity contribution < 1.29 is 8.83 Å². The molecule has 0 bridgehead atoms. The standard InChI is InChI=1S/C52H33NO2/c1-2-12-36-32-39(24-23-34(36)11-1)38-14-9-13-37(31-38)35-25-28-41(29-26-35)53(48-20-10-18-45-43-16-4-8-22-50(43)55-52(45)48)47-19-6-3-15-42(47)40-27-30-51-46(33-40)44-17-5-7-21-49(44)54-51/h1-33H. The second-order valence-electron chi connectivity index (χ2n) is 14.1. The molecule has 0 aliphatic rings. The average molecular weight is 704 g/mol. The van der Waals surface area contributed by atoms with Crippen molar-refractivity contribution >= 4 is 71.7 Å². The smallest absolute Gasteiger partial charge is 0.159 e. The van der Waals surface area contributed by atoms with E-state index in [0.717, 1.165) is 77.6 Å². The molecule has 0 atom stereocenters. The molecule has 2 aromatic heterocycles. The minimum Gasteiger partial charge on any atom is -0.456 e. The molecule has 0 amide bonds. The highest BCUT2D eigenvalue weighted by atomic mass is 16.3. The number of anilines is 3. The number of furan rings is 2. The normalized spacial score (nSPS) is 11.6. The summed E-state index contributed by atoms with van der Waals surface area (Å²) in [5, 5.41) is 6.89. The van der Waals surface area contributed by atoms with Crippen LogP contribution in [0.3, 0.4) is 0 Å². The quantitative estimate of drug-likeness (QED) is 0.173. The zero-order valence-corrected chi connectivity index (χ0v) is 29.8. The van der Waals surface area contributed by atoms with Crippen LogP contribution in [-0.4, -0.2) is 0 Å². The van der Waals surface area contributed by atoms with E-state index in [-0.39, 0.29) is 0 Å². The van der Waals surface area contributed by atoms with Gasteiger partial charge in [-0.2, -0.15) is 0 Å². The fourth-order valence-corrected chi connectivity index (χ4v) is 8.17. The molecule has 2 heterocycles. The van der Waals surface area contributed by atoms with Gasteiger partial charge in [0.1, 0.15) is 16.7 Å². The molecule has 3 heteroatoms. The lowest BCUT2D eigenvalue weighted by molar-refractivity contribution is 0.668. The third kappa shape index (κ3) is 5.28. The van der Waals surface area contributed by atoms with Gasteiger partial charge in [0.2, 0.25) is 0 Å². The zero-order chi connectivity index (χ0) is 36.3. The van der Waals surface area contributed by atoms with Gasteiger partial charge in [-0.3, -0.25) is 0 Å². The summed E-state index contributed by atoms with van der Waals surface area (Å²) in [4.78, 5) is 2.34. The molecule has 11 aromatic rings. The molecule has 0 radical (unpaired) electrons. The summed E-state index contributed by atoms with van der Waals surface area (Å²) >= 11 is 0. The first-order valence-corrected chi connectivity index (χ1v) is 18.7. The van der Waals surface area contributed by atoms with Crippen LogP contribution >= 0.6 is 0 Å². The Hall–Kier alpha value is -7.36. The largest absolute Gasteiger partial charge is 0.456 e. The van der Waals surface area contributed by atoms with Crippen LogP contribution in [-0.2, 0) is 0 Å². The Morgan fingerprint density at radius 1 is 0.309 bits per heavy atom. The Balaban J connectivity index is 1.06. The van der Waals surface area contributed by atoms with Crippen molar-refractivity contribution in [1.29, 1.82) is 0 Å². The molecule has 0 aliphatic heterocycles. The van der Waals surface area contributed by atoms with E-state index in [9.17, 15) is 0 Å². The number of para-hydroxylation sites is 4. The van der Waals surface area contributed by atoms with Crippen molar-refractivity contribution in [3.8, 4) is 33.4 Å². The first-order chi connectivity index (χ1) is 27.2. The van der Waals surface area contributed by atoms with Crippen molar-refractivity contribution in [1.82, 2.24) is 0 Å². The number of nitrogens with zero attached hydrogens (tertiary/aromatic N) is 1. The van der Waals surface area contributed by atoms with Crippen molar-refractivity contribution in [3.05, 3.63) is 200 Å². The zero-order valence-electron chi connectivity index (χ0n) is 29.8. The first-order valence-electron chi connectivity index (χ1n) is 18.7. The van der Waals surface area contributed by atoms with Crippen molar-refractivity contribution in [2.24, 2.45) is 0 Å². The molecule has 9 aromatic carbocycles. The minimum absolute atomic E-state index is 0.849. The highest BCUT2D eigenvalue weighted by Crippen LogP contribution is 2.46. The van der Waals surface area contributed by atoms with Crippen LogP contribution in [0, 0.1) is 0 Å². The fraction of sp³-hybridized carbons (Fsp3) is 0. The van der Waals surface area contributed by atoms with Gasteiger partial charge in [-0.1, -0.05) is 140 Å². The topological polar surface area (TPSA) is 29.5 Å². The molecule has 0 aliphatic carbocycles. The van der Waals surface area contributed by atoms with Gasteiger partial charge in [0.15, 0.2) is 5.58 Å². The van der Waals surface area contributed by atoms with Gasteiger partial charge in [0.05, 0.1) is 11.4 Å². The molecule has 55 heavy (non-hydrogen) atoms. The van der Waals surface area contributed by atoms with Crippen LogP contribution in [0.2, 0.25) is 0 Å². The summed E-state index contributed by atoms with van der Waals surface area (Å²) in [5.74, 6) is 0. The second-order valence-corrected chi connectivity index (χ2v) is 14.1. The lowest BCUT2D eigenvalue weighted by atomic mass is 9.97. The number of hydrogen-bond donors (Lipinski definition) is 0. The maximum atomic E-state index is 6.67. The number of fused-ring (bicyclic) bond motifs is 7. The van der Waals surface area contributed by atoms with E-state index in [2.05, 4.69) is 181 Å². The second kappa shape index (κ2) is 12.6. The molecule has 11 rings (SSSR count). The van der Waals surface area contributed by atoms with Crippen molar-refractivity contribution in [2.45, 2.75) is 0 Å². The molecule has 0 N–H and O–H groups in total. The van der Waals surface area contributed by atoms with E-state index in [4.69, 9.17) is 8.83 Å². The van der Waals surface area contributed by atoms with Crippen LogP contribution < -0.4 is 4.90 Å². The van der Waals surface area contributed by atoms with E-state index in [1.807, 2.05) is 24.3 Å². The van der Waals surface area contributed by atoms with Crippen LogP contribution in [0.15, 0.2) is 209 Å².